The Morgan fingerprint density at radius 2 is 1.97 bits per heavy atom. The fourth-order valence-corrected chi connectivity index (χ4v) is 3.81. The van der Waals surface area contributed by atoms with Crippen molar-refractivity contribution in [1.82, 2.24) is 19.5 Å². The molecule has 31 heavy (non-hydrogen) atoms. The van der Waals surface area contributed by atoms with E-state index in [1.807, 2.05) is 11.9 Å². The highest BCUT2D eigenvalue weighted by Crippen LogP contribution is 2.37. The highest BCUT2D eigenvalue weighted by atomic mass is 19.4. The maximum absolute atomic E-state index is 13.9. The summed E-state index contributed by atoms with van der Waals surface area (Å²) in [5.41, 5.74) is 0.847. The number of benzene rings is 1. The Morgan fingerprint density at radius 3 is 2.68 bits per heavy atom. The molecule has 7 nitrogen and oxygen atoms in total. The lowest BCUT2D eigenvalue weighted by Crippen LogP contribution is -2.45. The van der Waals surface area contributed by atoms with Crippen LogP contribution >= 0.6 is 0 Å². The van der Waals surface area contributed by atoms with Gasteiger partial charge in [-0.25, -0.2) is 4.39 Å². The third kappa shape index (κ3) is 4.66. The first kappa shape index (κ1) is 21.2. The minimum atomic E-state index is -4.88. The zero-order chi connectivity index (χ0) is 22.2. The molecule has 0 amide bonds. The SMILES string of the molecule is COc1ccc(-c2nnc(N[C@@H]3C[C@@H](F)CN(C)C3)n3cccc23)c(OC(F)(F)F)c1. The lowest BCUT2D eigenvalue weighted by molar-refractivity contribution is -0.274. The fourth-order valence-electron chi connectivity index (χ4n) is 3.81. The van der Waals surface area contributed by atoms with Crippen LogP contribution in [0.25, 0.3) is 16.8 Å². The maximum Gasteiger partial charge on any atom is 0.573 e. The molecule has 0 radical (unpaired) electrons. The summed E-state index contributed by atoms with van der Waals surface area (Å²) in [6.45, 7) is 1.01. The van der Waals surface area contributed by atoms with E-state index in [0.717, 1.165) is 6.07 Å². The molecule has 1 aromatic carbocycles. The molecule has 1 N–H and O–H groups in total. The van der Waals surface area contributed by atoms with Crippen LogP contribution in [0.2, 0.25) is 0 Å². The van der Waals surface area contributed by atoms with Crippen molar-refractivity contribution in [3.05, 3.63) is 36.5 Å². The van der Waals surface area contributed by atoms with Gasteiger partial charge in [-0.3, -0.25) is 4.40 Å². The zero-order valence-corrected chi connectivity index (χ0v) is 16.9. The predicted octanol–water partition coefficient (Wildman–Crippen LogP) is 3.76. The Balaban J connectivity index is 1.72. The predicted molar refractivity (Wildman–Crippen MR) is 106 cm³/mol. The molecular formula is C20H21F4N5O2. The van der Waals surface area contributed by atoms with Crippen LogP contribution in [0.3, 0.4) is 0 Å². The standard InChI is InChI=1S/C20H21F4N5O2/c1-28-10-12(21)8-13(11-28)25-19-27-26-18(16-4-3-7-29(16)19)15-6-5-14(30-2)9-17(15)31-20(22,23)24/h3-7,9,12-13H,8,10-11H2,1-2H3,(H,25,27)/t12-,13-/m1/s1. The van der Waals surface area contributed by atoms with Crippen molar-refractivity contribution in [2.24, 2.45) is 0 Å². The summed E-state index contributed by atoms with van der Waals surface area (Å²) in [5.74, 6) is 0.144. The van der Waals surface area contributed by atoms with E-state index in [9.17, 15) is 17.6 Å². The fraction of sp³-hybridized carbons (Fsp3) is 0.400. The Hall–Kier alpha value is -3.08. The highest BCUT2D eigenvalue weighted by molar-refractivity contribution is 5.81. The van der Waals surface area contributed by atoms with Gasteiger partial charge in [0.2, 0.25) is 5.95 Å². The van der Waals surface area contributed by atoms with Crippen molar-refractivity contribution in [2.45, 2.75) is 25.0 Å². The first-order valence-electron chi connectivity index (χ1n) is 9.60. The minimum absolute atomic E-state index is 0.113. The topological polar surface area (TPSA) is 63.9 Å². The molecule has 2 atom stereocenters. The molecule has 1 saturated heterocycles. The molecule has 3 heterocycles. The number of methoxy groups -OCH3 is 1. The molecular weight excluding hydrogens is 418 g/mol. The average molecular weight is 439 g/mol. The molecule has 11 heteroatoms. The largest absolute Gasteiger partial charge is 0.573 e. The zero-order valence-electron chi connectivity index (χ0n) is 16.9. The van der Waals surface area contributed by atoms with Crippen LogP contribution in [0.1, 0.15) is 6.42 Å². The Bertz CT molecular complexity index is 1060. The molecule has 0 spiro atoms. The Morgan fingerprint density at radius 1 is 1.16 bits per heavy atom. The number of piperidine rings is 1. The van der Waals surface area contributed by atoms with Gasteiger partial charge in [-0.2, -0.15) is 0 Å². The van der Waals surface area contributed by atoms with E-state index in [4.69, 9.17) is 4.74 Å². The quantitative estimate of drug-likeness (QED) is 0.611. The van der Waals surface area contributed by atoms with Gasteiger partial charge in [0.05, 0.1) is 12.6 Å². The summed E-state index contributed by atoms with van der Waals surface area (Å²) in [6.07, 6.45) is -3.80. The number of nitrogens with one attached hydrogen (secondary N) is 1. The number of rotatable bonds is 5. The van der Waals surface area contributed by atoms with E-state index in [2.05, 4.69) is 20.3 Å². The average Bonchev–Trinajstić information content (AvgIpc) is 3.17. The first-order chi connectivity index (χ1) is 14.7. The number of fused-ring (bicyclic) bond motifs is 1. The molecule has 0 saturated carbocycles. The molecule has 0 unspecified atom stereocenters. The third-order valence-electron chi connectivity index (χ3n) is 5.05. The second kappa shape index (κ2) is 8.22. The smallest absolute Gasteiger partial charge is 0.497 e. The number of aromatic nitrogens is 3. The summed E-state index contributed by atoms with van der Waals surface area (Å²) < 4.78 is 63.7. The minimum Gasteiger partial charge on any atom is -0.497 e. The van der Waals surface area contributed by atoms with E-state index in [1.165, 1.54) is 19.2 Å². The van der Waals surface area contributed by atoms with Gasteiger partial charge in [-0.1, -0.05) is 0 Å². The molecule has 0 aliphatic carbocycles. The van der Waals surface area contributed by atoms with Crippen LogP contribution in [-0.4, -0.2) is 65.3 Å². The number of hydrogen-bond donors (Lipinski definition) is 1. The monoisotopic (exact) mass is 439 g/mol. The number of halogens is 4. The number of likely N-dealkylation sites (N-methyl/N-ethyl adjacent to an activating group) is 1. The van der Waals surface area contributed by atoms with Gasteiger partial charge in [0.1, 0.15) is 23.4 Å². The van der Waals surface area contributed by atoms with Gasteiger partial charge in [-0.15, -0.1) is 23.4 Å². The Labute approximate surface area is 175 Å². The summed E-state index contributed by atoms with van der Waals surface area (Å²) >= 11 is 0. The summed E-state index contributed by atoms with van der Waals surface area (Å²) in [4.78, 5) is 1.89. The number of likely N-dealkylation sites (tertiary alicyclic amines) is 1. The molecule has 1 aliphatic rings. The molecule has 0 bridgehead atoms. The molecule has 4 rings (SSSR count). The van der Waals surface area contributed by atoms with Crippen LogP contribution in [0.4, 0.5) is 23.5 Å². The summed E-state index contributed by atoms with van der Waals surface area (Å²) in [5, 5.41) is 11.5. The highest BCUT2D eigenvalue weighted by Gasteiger charge is 2.33. The van der Waals surface area contributed by atoms with Gasteiger partial charge in [0.15, 0.2) is 0 Å². The number of nitrogens with zero attached hydrogens (tertiary/aromatic N) is 4. The third-order valence-corrected chi connectivity index (χ3v) is 5.05. The molecule has 2 aromatic heterocycles. The second-order valence-corrected chi connectivity index (χ2v) is 7.44. The molecule has 166 valence electrons. The van der Waals surface area contributed by atoms with E-state index in [0.29, 0.717) is 31.0 Å². The van der Waals surface area contributed by atoms with Crippen LogP contribution in [0, 0.1) is 0 Å². The number of alkyl halides is 4. The maximum atomic E-state index is 13.9. The lowest BCUT2D eigenvalue weighted by Gasteiger charge is -2.32. The van der Waals surface area contributed by atoms with Crippen molar-refractivity contribution in [3.63, 3.8) is 0 Å². The molecule has 3 aromatic rings. The summed E-state index contributed by atoms with van der Waals surface area (Å²) in [6, 6.07) is 7.37. The lowest BCUT2D eigenvalue weighted by atomic mass is 10.1. The normalized spacial score (nSPS) is 20.1. The van der Waals surface area contributed by atoms with Crippen molar-refractivity contribution in [1.29, 1.82) is 0 Å². The van der Waals surface area contributed by atoms with Crippen LogP contribution in [-0.2, 0) is 0 Å². The Kier molecular flexibility index (Phi) is 5.61. The summed E-state index contributed by atoms with van der Waals surface area (Å²) in [7, 11) is 3.19. The van der Waals surface area contributed by atoms with Gasteiger partial charge in [0.25, 0.3) is 0 Å². The van der Waals surface area contributed by atoms with Crippen LogP contribution in [0.15, 0.2) is 36.5 Å². The number of anilines is 1. The molecule has 1 fully saturated rings. The molecule has 1 aliphatic heterocycles. The van der Waals surface area contributed by atoms with Crippen molar-refractivity contribution >= 4 is 11.5 Å². The van der Waals surface area contributed by atoms with E-state index in [-0.39, 0.29) is 23.0 Å². The van der Waals surface area contributed by atoms with E-state index >= 15 is 0 Å². The number of ether oxygens (including phenoxy) is 2. The van der Waals surface area contributed by atoms with E-state index < -0.39 is 18.3 Å². The second-order valence-electron chi connectivity index (χ2n) is 7.44. The van der Waals surface area contributed by atoms with Crippen molar-refractivity contribution in [3.8, 4) is 22.8 Å². The van der Waals surface area contributed by atoms with Gasteiger partial charge >= 0.3 is 6.36 Å². The van der Waals surface area contributed by atoms with Crippen LogP contribution in [0.5, 0.6) is 11.5 Å². The van der Waals surface area contributed by atoms with E-state index in [1.54, 1.807) is 22.7 Å². The van der Waals surface area contributed by atoms with Crippen molar-refractivity contribution in [2.75, 3.05) is 32.6 Å². The first-order valence-corrected chi connectivity index (χ1v) is 9.60. The van der Waals surface area contributed by atoms with Gasteiger partial charge in [-0.05, 0) is 31.3 Å². The van der Waals surface area contributed by atoms with Gasteiger partial charge < -0.3 is 19.7 Å². The van der Waals surface area contributed by atoms with Gasteiger partial charge in [0, 0.05) is 43.4 Å². The number of hydrogen-bond acceptors (Lipinski definition) is 6. The van der Waals surface area contributed by atoms with Crippen LogP contribution < -0.4 is 14.8 Å². The van der Waals surface area contributed by atoms with Crippen molar-refractivity contribution < 1.29 is 27.0 Å².